The van der Waals surface area contributed by atoms with Crippen LogP contribution in [-0.4, -0.2) is 42.9 Å². The van der Waals surface area contributed by atoms with Crippen LogP contribution in [0.5, 0.6) is 0 Å². The van der Waals surface area contributed by atoms with Gasteiger partial charge in [0.25, 0.3) is 0 Å². The normalized spacial score (nSPS) is 16.2. The van der Waals surface area contributed by atoms with Gasteiger partial charge in [0.05, 0.1) is 12.7 Å². The number of nitrogens with one attached hydrogen (secondary N) is 1. The van der Waals surface area contributed by atoms with Crippen molar-refractivity contribution in [1.29, 1.82) is 0 Å². The average Bonchev–Trinajstić information content (AvgIpc) is 3.51. The van der Waals surface area contributed by atoms with Crippen LogP contribution in [0.15, 0.2) is 24.3 Å². The number of ether oxygens (including phenoxy) is 1. The first-order valence-corrected chi connectivity index (χ1v) is 8.82. The molecule has 0 spiro atoms. The molecule has 1 aromatic carbocycles. The molecule has 1 aromatic rings. The van der Waals surface area contributed by atoms with Gasteiger partial charge >= 0.3 is 5.97 Å². The van der Waals surface area contributed by atoms with Gasteiger partial charge in [0.1, 0.15) is 0 Å². The summed E-state index contributed by atoms with van der Waals surface area (Å²) in [5.41, 5.74) is 1.44. The molecule has 134 valence electrons. The Hall–Kier alpha value is -2.37. The molecule has 3 rings (SSSR count). The highest BCUT2D eigenvalue weighted by Crippen LogP contribution is 2.31. The van der Waals surface area contributed by atoms with Crippen molar-refractivity contribution in [3.05, 3.63) is 35.4 Å². The van der Waals surface area contributed by atoms with Crippen LogP contribution in [0.4, 0.5) is 0 Å². The number of benzene rings is 1. The highest BCUT2D eigenvalue weighted by Gasteiger charge is 2.34. The second kappa shape index (κ2) is 7.68. The Morgan fingerprint density at radius 3 is 2.28 bits per heavy atom. The molecular formula is C19H24N2O4. The number of hydrogen-bond acceptors (Lipinski definition) is 4. The number of carbonyl (C=O) groups excluding carboxylic acids is 3. The molecule has 6 nitrogen and oxygen atoms in total. The van der Waals surface area contributed by atoms with E-state index in [-0.39, 0.29) is 29.6 Å². The lowest BCUT2D eigenvalue weighted by molar-refractivity contribution is -0.133. The predicted molar refractivity (Wildman–Crippen MR) is 91.7 cm³/mol. The lowest BCUT2D eigenvalue weighted by atomic mass is 10.1. The third-order valence-electron chi connectivity index (χ3n) is 4.62. The molecule has 2 aliphatic carbocycles. The minimum Gasteiger partial charge on any atom is -0.465 e. The number of nitrogens with zero attached hydrogens (tertiary/aromatic N) is 1. The third-order valence-corrected chi connectivity index (χ3v) is 4.62. The Kier molecular flexibility index (Phi) is 5.36. The second-order valence-corrected chi connectivity index (χ2v) is 6.79. The van der Waals surface area contributed by atoms with E-state index in [1.54, 1.807) is 17.0 Å². The van der Waals surface area contributed by atoms with E-state index in [0.29, 0.717) is 25.2 Å². The topological polar surface area (TPSA) is 75.7 Å². The molecule has 0 aliphatic heterocycles. The molecule has 6 heteroatoms. The molecule has 0 radical (unpaired) electrons. The first kappa shape index (κ1) is 17.5. The molecule has 0 aromatic heterocycles. The summed E-state index contributed by atoms with van der Waals surface area (Å²) >= 11 is 0. The van der Waals surface area contributed by atoms with Crippen LogP contribution in [0.25, 0.3) is 0 Å². The number of amides is 2. The molecule has 25 heavy (non-hydrogen) atoms. The lowest BCUT2D eigenvalue weighted by Crippen LogP contribution is -2.39. The van der Waals surface area contributed by atoms with E-state index in [1.807, 2.05) is 12.1 Å². The molecule has 0 heterocycles. The molecule has 2 fully saturated rings. The summed E-state index contributed by atoms with van der Waals surface area (Å²) in [5.74, 6) is 0.186. The van der Waals surface area contributed by atoms with Crippen molar-refractivity contribution in [3.63, 3.8) is 0 Å². The van der Waals surface area contributed by atoms with Gasteiger partial charge in [-0.25, -0.2) is 4.79 Å². The van der Waals surface area contributed by atoms with Crippen LogP contribution < -0.4 is 5.32 Å². The first-order valence-electron chi connectivity index (χ1n) is 8.82. The zero-order chi connectivity index (χ0) is 17.8. The molecule has 0 bridgehead atoms. The Labute approximate surface area is 147 Å². The van der Waals surface area contributed by atoms with E-state index in [9.17, 15) is 14.4 Å². The zero-order valence-corrected chi connectivity index (χ0v) is 14.5. The van der Waals surface area contributed by atoms with E-state index in [4.69, 9.17) is 4.74 Å². The quantitative estimate of drug-likeness (QED) is 0.729. The smallest absolute Gasteiger partial charge is 0.337 e. The van der Waals surface area contributed by atoms with Gasteiger partial charge in [0.15, 0.2) is 0 Å². The molecule has 0 atom stereocenters. The second-order valence-electron chi connectivity index (χ2n) is 6.79. The third kappa shape index (κ3) is 4.81. The van der Waals surface area contributed by atoms with Gasteiger partial charge in [-0.3, -0.25) is 9.59 Å². The van der Waals surface area contributed by atoms with Crippen LogP contribution in [-0.2, 0) is 20.9 Å². The maximum atomic E-state index is 12.5. The Bertz CT molecular complexity index is 648. The standard InChI is InChI=1S/C19H24N2O4/c1-25-19(24)16-4-2-13(3-5-16)12-21(18(23)15-8-9-15)11-10-20-17(22)14-6-7-14/h2-5,14-15H,6-12H2,1H3,(H,20,22). The summed E-state index contributed by atoms with van der Waals surface area (Å²) in [6, 6.07) is 7.08. The van der Waals surface area contributed by atoms with Crippen molar-refractivity contribution >= 4 is 17.8 Å². The highest BCUT2D eigenvalue weighted by atomic mass is 16.5. The Morgan fingerprint density at radius 1 is 1.08 bits per heavy atom. The van der Waals surface area contributed by atoms with E-state index in [1.165, 1.54) is 7.11 Å². The van der Waals surface area contributed by atoms with Crippen molar-refractivity contribution < 1.29 is 19.1 Å². The molecule has 1 N–H and O–H groups in total. The monoisotopic (exact) mass is 344 g/mol. The fourth-order valence-corrected chi connectivity index (χ4v) is 2.74. The minimum atomic E-state index is -0.375. The summed E-state index contributed by atoms with van der Waals surface area (Å²) in [4.78, 5) is 37.5. The zero-order valence-electron chi connectivity index (χ0n) is 14.5. The summed E-state index contributed by atoms with van der Waals surface area (Å²) in [7, 11) is 1.35. The van der Waals surface area contributed by atoms with Crippen molar-refractivity contribution in [3.8, 4) is 0 Å². The van der Waals surface area contributed by atoms with Gasteiger partial charge in [-0.15, -0.1) is 0 Å². The first-order chi connectivity index (χ1) is 12.1. The highest BCUT2D eigenvalue weighted by molar-refractivity contribution is 5.89. The van der Waals surface area contributed by atoms with Crippen molar-refractivity contribution in [2.24, 2.45) is 11.8 Å². The summed E-state index contributed by atoms with van der Waals surface area (Å²) in [5, 5.41) is 2.91. The number of methoxy groups -OCH3 is 1. The largest absolute Gasteiger partial charge is 0.465 e. The van der Waals surface area contributed by atoms with Crippen LogP contribution in [0, 0.1) is 11.8 Å². The van der Waals surface area contributed by atoms with Gasteiger partial charge < -0.3 is 15.0 Å². The van der Waals surface area contributed by atoms with Gasteiger partial charge in [0, 0.05) is 31.5 Å². The number of carbonyl (C=O) groups is 3. The number of rotatable bonds is 8. The van der Waals surface area contributed by atoms with Gasteiger partial charge in [-0.05, 0) is 43.4 Å². The molecular weight excluding hydrogens is 320 g/mol. The number of esters is 1. The van der Waals surface area contributed by atoms with E-state index >= 15 is 0 Å². The van der Waals surface area contributed by atoms with Crippen molar-refractivity contribution in [2.45, 2.75) is 32.2 Å². The minimum absolute atomic E-state index is 0.0984. The van der Waals surface area contributed by atoms with Crippen LogP contribution in [0.2, 0.25) is 0 Å². The lowest BCUT2D eigenvalue weighted by Gasteiger charge is -2.23. The summed E-state index contributed by atoms with van der Waals surface area (Å²) in [6.07, 6.45) is 3.85. The van der Waals surface area contributed by atoms with Gasteiger partial charge in [-0.2, -0.15) is 0 Å². The number of hydrogen-bond donors (Lipinski definition) is 1. The molecule has 2 aliphatic rings. The molecule has 0 saturated heterocycles. The van der Waals surface area contributed by atoms with Crippen LogP contribution in [0.3, 0.4) is 0 Å². The molecule has 2 amide bonds. The van der Waals surface area contributed by atoms with Crippen LogP contribution >= 0.6 is 0 Å². The van der Waals surface area contributed by atoms with Gasteiger partial charge in [-0.1, -0.05) is 12.1 Å². The van der Waals surface area contributed by atoms with Crippen molar-refractivity contribution in [2.75, 3.05) is 20.2 Å². The van der Waals surface area contributed by atoms with E-state index in [2.05, 4.69) is 5.32 Å². The molecule has 2 saturated carbocycles. The average molecular weight is 344 g/mol. The SMILES string of the molecule is COC(=O)c1ccc(CN(CCNC(=O)C2CC2)C(=O)C2CC2)cc1. The fraction of sp³-hybridized carbons (Fsp3) is 0.526. The molecule has 0 unspecified atom stereocenters. The predicted octanol–water partition coefficient (Wildman–Crippen LogP) is 1.74. The Morgan fingerprint density at radius 2 is 1.72 bits per heavy atom. The fourth-order valence-electron chi connectivity index (χ4n) is 2.74. The van der Waals surface area contributed by atoms with Crippen molar-refractivity contribution in [1.82, 2.24) is 10.2 Å². The Balaban J connectivity index is 1.57. The van der Waals surface area contributed by atoms with Gasteiger partial charge in [0.2, 0.25) is 11.8 Å². The van der Waals surface area contributed by atoms with E-state index in [0.717, 1.165) is 31.2 Å². The maximum absolute atomic E-state index is 12.5. The maximum Gasteiger partial charge on any atom is 0.337 e. The van der Waals surface area contributed by atoms with E-state index < -0.39 is 0 Å². The van der Waals surface area contributed by atoms with Crippen LogP contribution in [0.1, 0.15) is 41.6 Å². The summed E-state index contributed by atoms with van der Waals surface area (Å²) in [6.45, 7) is 1.47. The summed E-state index contributed by atoms with van der Waals surface area (Å²) < 4.78 is 4.69.